The van der Waals surface area contributed by atoms with Gasteiger partial charge in [0.1, 0.15) is 5.75 Å². The van der Waals surface area contributed by atoms with Gasteiger partial charge in [-0.3, -0.25) is 4.98 Å². The molecule has 0 bridgehead atoms. The predicted molar refractivity (Wildman–Crippen MR) is 89.8 cm³/mol. The Bertz CT molecular complexity index is 817. The van der Waals surface area contributed by atoms with Crippen LogP contribution in [0.1, 0.15) is 23.2 Å². The van der Waals surface area contributed by atoms with Crippen LogP contribution in [0.25, 0.3) is 22.2 Å². The fraction of sp³-hybridized carbons (Fsp3) is 0.211. The molecule has 0 aliphatic rings. The number of aromatic nitrogens is 2. The van der Waals surface area contributed by atoms with Gasteiger partial charge in [0, 0.05) is 6.20 Å². The van der Waals surface area contributed by atoms with E-state index in [1.807, 2.05) is 44.3 Å². The summed E-state index contributed by atoms with van der Waals surface area (Å²) in [6, 6.07) is 10.1. The smallest absolute Gasteiger partial charge is 0.121 e. The molecule has 1 radical (unpaired) electrons. The quantitative estimate of drug-likeness (QED) is 0.778. The van der Waals surface area contributed by atoms with Gasteiger partial charge >= 0.3 is 0 Å². The van der Waals surface area contributed by atoms with Crippen LogP contribution < -0.4 is 0 Å². The molecule has 111 valence electrons. The van der Waals surface area contributed by atoms with Gasteiger partial charge in [-0.15, -0.1) is 0 Å². The SMILES string of the molecule is [CH2]CCc1cnc2ccc(-c3cc(C)c(O)c(C)c3)cc2n1. The zero-order chi connectivity index (χ0) is 15.7. The maximum Gasteiger partial charge on any atom is 0.121 e. The van der Waals surface area contributed by atoms with Gasteiger partial charge in [-0.25, -0.2) is 4.98 Å². The minimum absolute atomic E-state index is 0.363. The molecule has 3 rings (SSSR count). The Morgan fingerprint density at radius 1 is 1.00 bits per heavy atom. The molecule has 0 saturated carbocycles. The van der Waals surface area contributed by atoms with Crippen molar-refractivity contribution in [3.05, 3.63) is 60.3 Å². The molecule has 3 aromatic rings. The molecule has 1 N–H and O–H groups in total. The maximum absolute atomic E-state index is 9.92. The Morgan fingerprint density at radius 3 is 2.41 bits per heavy atom. The molecule has 3 heteroatoms. The predicted octanol–water partition coefficient (Wildman–Crippen LogP) is 4.39. The number of hydrogen-bond acceptors (Lipinski definition) is 3. The fourth-order valence-electron chi connectivity index (χ4n) is 2.65. The number of phenolic OH excluding ortho intramolecular Hbond substituents is 1. The van der Waals surface area contributed by atoms with Crippen molar-refractivity contribution in [2.45, 2.75) is 26.7 Å². The Hall–Kier alpha value is -2.42. The minimum atomic E-state index is 0.363. The molecule has 22 heavy (non-hydrogen) atoms. The van der Waals surface area contributed by atoms with Crippen LogP contribution in [0.15, 0.2) is 36.5 Å². The molecule has 2 aromatic carbocycles. The Labute approximate surface area is 130 Å². The summed E-state index contributed by atoms with van der Waals surface area (Å²) in [5.74, 6) is 0.363. The third-order valence-electron chi connectivity index (χ3n) is 3.85. The first kappa shape index (κ1) is 14.5. The number of rotatable bonds is 3. The maximum atomic E-state index is 9.92. The van der Waals surface area contributed by atoms with Crippen LogP contribution in [-0.4, -0.2) is 15.1 Å². The lowest BCUT2D eigenvalue weighted by atomic mass is 9.99. The first-order valence-electron chi connectivity index (χ1n) is 7.44. The molecule has 3 nitrogen and oxygen atoms in total. The first-order valence-corrected chi connectivity index (χ1v) is 7.44. The summed E-state index contributed by atoms with van der Waals surface area (Å²) in [7, 11) is 0. The average Bonchev–Trinajstić information content (AvgIpc) is 2.51. The van der Waals surface area contributed by atoms with Crippen molar-refractivity contribution in [2.24, 2.45) is 0 Å². The summed E-state index contributed by atoms with van der Waals surface area (Å²) in [5, 5.41) is 9.92. The van der Waals surface area contributed by atoms with Crippen molar-refractivity contribution in [3.8, 4) is 16.9 Å². The van der Waals surface area contributed by atoms with Gasteiger partial charge in [0.2, 0.25) is 0 Å². The number of aryl methyl sites for hydroxylation is 3. The molecule has 0 unspecified atom stereocenters. The lowest BCUT2D eigenvalue weighted by Crippen LogP contribution is -1.93. The number of nitrogens with zero attached hydrogens (tertiary/aromatic N) is 2. The molecule has 0 saturated heterocycles. The van der Waals surface area contributed by atoms with Crippen LogP contribution in [0.4, 0.5) is 0 Å². The highest BCUT2D eigenvalue weighted by molar-refractivity contribution is 5.81. The van der Waals surface area contributed by atoms with E-state index in [0.29, 0.717) is 5.75 Å². The third kappa shape index (κ3) is 2.67. The highest BCUT2D eigenvalue weighted by Gasteiger charge is 2.07. The van der Waals surface area contributed by atoms with E-state index in [1.54, 1.807) is 0 Å². The van der Waals surface area contributed by atoms with Crippen molar-refractivity contribution in [3.63, 3.8) is 0 Å². The monoisotopic (exact) mass is 291 g/mol. The normalized spacial score (nSPS) is 11.0. The van der Waals surface area contributed by atoms with Gasteiger partial charge in [-0.1, -0.05) is 13.0 Å². The summed E-state index contributed by atoms with van der Waals surface area (Å²) in [4.78, 5) is 9.12. The van der Waals surface area contributed by atoms with E-state index in [0.717, 1.165) is 51.8 Å². The highest BCUT2D eigenvalue weighted by atomic mass is 16.3. The Balaban J connectivity index is 2.11. The summed E-state index contributed by atoms with van der Waals surface area (Å²) in [5.41, 5.74) is 6.69. The van der Waals surface area contributed by atoms with Crippen LogP contribution in [0.5, 0.6) is 5.75 Å². The molecule has 0 spiro atoms. The molecule has 0 fully saturated rings. The molecule has 0 aliphatic carbocycles. The van der Waals surface area contributed by atoms with Crippen LogP contribution in [-0.2, 0) is 6.42 Å². The van der Waals surface area contributed by atoms with Crippen molar-refractivity contribution < 1.29 is 5.11 Å². The second kappa shape index (κ2) is 5.76. The van der Waals surface area contributed by atoms with Crippen molar-refractivity contribution >= 4 is 11.0 Å². The van der Waals surface area contributed by atoms with Crippen LogP contribution in [0.2, 0.25) is 0 Å². The van der Waals surface area contributed by atoms with Crippen LogP contribution in [0, 0.1) is 20.8 Å². The van der Waals surface area contributed by atoms with E-state index in [9.17, 15) is 5.11 Å². The Kier molecular flexibility index (Phi) is 3.80. The number of fused-ring (bicyclic) bond motifs is 1. The third-order valence-corrected chi connectivity index (χ3v) is 3.85. The summed E-state index contributed by atoms with van der Waals surface area (Å²) >= 11 is 0. The van der Waals surface area contributed by atoms with E-state index >= 15 is 0 Å². The zero-order valence-electron chi connectivity index (χ0n) is 12.9. The highest BCUT2D eigenvalue weighted by Crippen LogP contribution is 2.30. The molecule has 0 atom stereocenters. The topological polar surface area (TPSA) is 46.0 Å². The molecule has 0 amide bonds. The van der Waals surface area contributed by atoms with Crippen molar-refractivity contribution in [1.82, 2.24) is 9.97 Å². The van der Waals surface area contributed by atoms with Gasteiger partial charge < -0.3 is 5.11 Å². The van der Waals surface area contributed by atoms with Gasteiger partial charge in [0.25, 0.3) is 0 Å². The summed E-state index contributed by atoms with van der Waals surface area (Å²) < 4.78 is 0. The first-order chi connectivity index (χ1) is 10.6. The van der Waals surface area contributed by atoms with Gasteiger partial charge in [0.05, 0.1) is 16.7 Å². The molecular formula is C19H19N2O. The van der Waals surface area contributed by atoms with E-state index in [-0.39, 0.29) is 0 Å². The number of aromatic hydroxyl groups is 1. The lowest BCUT2D eigenvalue weighted by Gasteiger charge is -2.09. The molecule has 1 aromatic heterocycles. The number of phenols is 1. The molecule has 0 aliphatic heterocycles. The van der Waals surface area contributed by atoms with Crippen molar-refractivity contribution in [1.29, 1.82) is 0 Å². The van der Waals surface area contributed by atoms with E-state index in [4.69, 9.17) is 0 Å². The second-order valence-electron chi connectivity index (χ2n) is 5.63. The molecular weight excluding hydrogens is 272 g/mol. The van der Waals surface area contributed by atoms with Crippen LogP contribution >= 0.6 is 0 Å². The largest absolute Gasteiger partial charge is 0.507 e. The van der Waals surface area contributed by atoms with Gasteiger partial charge in [0.15, 0.2) is 0 Å². The standard InChI is InChI=1S/C19H19N2O/c1-4-5-16-11-20-17-7-6-14(10-18(17)21-16)15-8-12(2)19(22)13(3)9-15/h6-11,22H,1,4-5H2,2-3H3. The van der Waals surface area contributed by atoms with Crippen molar-refractivity contribution in [2.75, 3.05) is 0 Å². The number of hydrogen-bond donors (Lipinski definition) is 1. The summed E-state index contributed by atoms with van der Waals surface area (Å²) in [6.45, 7) is 7.69. The van der Waals surface area contributed by atoms with E-state index in [1.165, 1.54) is 0 Å². The van der Waals surface area contributed by atoms with E-state index in [2.05, 4.69) is 23.0 Å². The number of benzene rings is 2. The average molecular weight is 291 g/mol. The Morgan fingerprint density at radius 2 is 1.73 bits per heavy atom. The lowest BCUT2D eigenvalue weighted by molar-refractivity contribution is 0.467. The minimum Gasteiger partial charge on any atom is -0.507 e. The fourth-order valence-corrected chi connectivity index (χ4v) is 2.65. The van der Waals surface area contributed by atoms with Gasteiger partial charge in [-0.2, -0.15) is 0 Å². The van der Waals surface area contributed by atoms with Gasteiger partial charge in [-0.05, 0) is 73.2 Å². The molecule has 1 heterocycles. The summed E-state index contributed by atoms with van der Waals surface area (Å²) in [6.07, 6.45) is 3.48. The van der Waals surface area contributed by atoms with Crippen LogP contribution in [0.3, 0.4) is 0 Å². The van der Waals surface area contributed by atoms with E-state index < -0.39 is 0 Å². The second-order valence-corrected chi connectivity index (χ2v) is 5.63. The zero-order valence-corrected chi connectivity index (χ0v) is 12.9.